The second-order valence-corrected chi connectivity index (χ2v) is 4.75. The van der Waals surface area contributed by atoms with E-state index in [1.54, 1.807) is 0 Å². The Morgan fingerprint density at radius 3 is 3.06 bits per heavy atom. The van der Waals surface area contributed by atoms with E-state index in [2.05, 4.69) is 24.5 Å². The van der Waals surface area contributed by atoms with Crippen molar-refractivity contribution in [1.82, 2.24) is 10.6 Å². The average molecular weight is 244 g/mol. The van der Waals surface area contributed by atoms with Gasteiger partial charge in [0.05, 0.1) is 19.8 Å². The first-order valence-electron chi connectivity index (χ1n) is 6.34. The molecule has 0 spiro atoms. The maximum Gasteiger partial charge on any atom is 0.221 e. The largest absolute Gasteiger partial charge is 0.379 e. The van der Waals surface area contributed by atoms with Crippen LogP contribution in [0.3, 0.4) is 0 Å². The highest BCUT2D eigenvalue weighted by atomic mass is 16.5. The van der Waals surface area contributed by atoms with Crippen molar-refractivity contribution in [2.75, 3.05) is 39.5 Å². The van der Waals surface area contributed by atoms with Gasteiger partial charge in [-0.05, 0) is 5.92 Å². The molecule has 1 rings (SSSR count). The Bertz CT molecular complexity index is 216. The normalized spacial score (nSPS) is 20.5. The van der Waals surface area contributed by atoms with Gasteiger partial charge in [0.1, 0.15) is 0 Å². The Kier molecular flexibility index (Phi) is 7.16. The van der Waals surface area contributed by atoms with Crippen molar-refractivity contribution in [3.63, 3.8) is 0 Å². The van der Waals surface area contributed by atoms with Crippen LogP contribution in [0.5, 0.6) is 0 Å². The molecule has 2 N–H and O–H groups in total. The number of morpholine rings is 1. The molecule has 0 aromatic heterocycles. The van der Waals surface area contributed by atoms with E-state index >= 15 is 0 Å². The van der Waals surface area contributed by atoms with Gasteiger partial charge in [-0.2, -0.15) is 0 Å². The summed E-state index contributed by atoms with van der Waals surface area (Å²) in [6.45, 7) is 8.31. The number of amides is 1. The molecule has 1 heterocycles. The van der Waals surface area contributed by atoms with Crippen molar-refractivity contribution in [2.45, 2.75) is 26.3 Å². The topological polar surface area (TPSA) is 59.6 Å². The third-order valence-corrected chi connectivity index (χ3v) is 2.45. The molecule has 1 saturated heterocycles. The molecule has 1 fully saturated rings. The van der Waals surface area contributed by atoms with E-state index in [1.165, 1.54) is 0 Å². The van der Waals surface area contributed by atoms with E-state index in [0.717, 1.165) is 19.8 Å². The third kappa shape index (κ3) is 7.31. The van der Waals surface area contributed by atoms with Gasteiger partial charge in [-0.25, -0.2) is 0 Å². The van der Waals surface area contributed by atoms with Crippen LogP contribution in [-0.2, 0) is 14.3 Å². The first kappa shape index (κ1) is 14.4. The molecular weight excluding hydrogens is 220 g/mol. The molecule has 1 amide bonds. The van der Waals surface area contributed by atoms with E-state index in [-0.39, 0.29) is 11.9 Å². The number of ether oxygens (including phenoxy) is 2. The predicted octanol–water partition coefficient (Wildman–Crippen LogP) is 0.154. The first-order chi connectivity index (χ1) is 8.18. The zero-order valence-electron chi connectivity index (χ0n) is 10.8. The number of rotatable bonds is 7. The zero-order valence-corrected chi connectivity index (χ0v) is 10.8. The molecule has 0 radical (unpaired) electrons. The van der Waals surface area contributed by atoms with E-state index in [1.807, 2.05) is 0 Å². The SMILES string of the molecule is CC(C)COCCNC(=O)CC1COCCN1. The van der Waals surface area contributed by atoms with Crippen LogP contribution in [-0.4, -0.2) is 51.5 Å². The number of hydrogen-bond acceptors (Lipinski definition) is 4. The van der Waals surface area contributed by atoms with Gasteiger partial charge in [0.2, 0.25) is 5.91 Å². The van der Waals surface area contributed by atoms with Crippen LogP contribution in [0.4, 0.5) is 0 Å². The highest BCUT2D eigenvalue weighted by Crippen LogP contribution is 1.98. The van der Waals surface area contributed by atoms with Gasteiger partial charge in [-0.3, -0.25) is 4.79 Å². The second-order valence-electron chi connectivity index (χ2n) is 4.75. The summed E-state index contributed by atoms with van der Waals surface area (Å²) in [6, 6.07) is 0.153. The third-order valence-electron chi connectivity index (χ3n) is 2.45. The van der Waals surface area contributed by atoms with Crippen LogP contribution in [0.1, 0.15) is 20.3 Å². The molecule has 0 aromatic carbocycles. The van der Waals surface area contributed by atoms with Crippen LogP contribution in [0.15, 0.2) is 0 Å². The summed E-state index contributed by atoms with van der Waals surface area (Å²) in [5.41, 5.74) is 0. The molecule has 0 bridgehead atoms. The summed E-state index contributed by atoms with van der Waals surface area (Å²) in [5.74, 6) is 0.593. The molecule has 1 aliphatic rings. The number of hydrogen-bond donors (Lipinski definition) is 2. The maximum absolute atomic E-state index is 11.5. The molecule has 0 saturated carbocycles. The van der Waals surface area contributed by atoms with Crippen molar-refractivity contribution in [1.29, 1.82) is 0 Å². The summed E-state index contributed by atoms with van der Waals surface area (Å²) in [7, 11) is 0. The quantitative estimate of drug-likeness (QED) is 0.626. The van der Waals surface area contributed by atoms with Crippen molar-refractivity contribution in [3.05, 3.63) is 0 Å². The Labute approximate surface area is 103 Å². The van der Waals surface area contributed by atoms with Crippen LogP contribution in [0.25, 0.3) is 0 Å². The lowest BCUT2D eigenvalue weighted by Crippen LogP contribution is -2.44. The van der Waals surface area contributed by atoms with Crippen LogP contribution in [0.2, 0.25) is 0 Å². The van der Waals surface area contributed by atoms with Gasteiger partial charge >= 0.3 is 0 Å². The van der Waals surface area contributed by atoms with Crippen LogP contribution >= 0.6 is 0 Å². The summed E-state index contributed by atoms with van der Waals surface area (Å²) in [4.78, 5) is 11.5. The van der Waals surface area contributed by atoms with E-state index in [4.69, 9.17) is 9.47 Å². The monoisotopic (exact) mass is 244 g/mol. The Morgan fingerprint density at radius 2 is 2.41 bits per heavy atom. The fourth-order valence-electron chi connectivity index (χ4n) is 1.63. The van der Waals surface area contributed by atoms with Gasteiger partial charge in [-0.15, -0.1) is 0 Å². The lowest BCUT2D eigenvalue weighted by molar-refractivity contribution is -0.122. The molecule has 1 atom stereocenters. The average Bonchev–Trinajstić information content (AvgIpc) is 2.29. The first-order valence-corrected chi connectivity index (χ1v) is 6.34. The summed E-state index contributed by atoms with van der Waals surface area (Å²) >= 11 is 0. The minimum Gasteiger partial charge on any atom is -0.379 e. The number of nitrogens with one attached hydrogen (secondary N) is 2. The minimum absolute atomic E-state index is 0.0566. The van der Waals surface area contributed by atoms with Crippen LogP contribution in [0, 0.1) is 5.92 Å². The van der Waals surface area contributed by atoms with Crippen LogP contribution < -0.4 is 10.6 Å². The molecule has 5 nitrogen and oxygen atoms in total. The van der Waals surface area contributed by atoms with E-state index in [9.17, 15) is 4.79 Å². The smallest absolute Gasteiger partial charge is 0.221 e. The lowest BCUT2D eigenvalue weighted by atomic mass is 10.2. The van der Waals surface area contributed by atoms with E-state index in [0.29, 0.717) is 32.1 Å². The van der Waals surface area contributed by atoms with Crippen molar-refractivity contribution < 1.29 is 14.3 Å². The maximum atomic E-state index is 11.5. The van der Waals surface area contributed by atoms with Gasteiger partial charge in [-0.1, -0.05) is 13.8 Å². The summed E-state index contributed by atoms with van der Waals surface area (Å²) in [5, 5.41) is 6.09. The fraction of sp³-hybridized carbons (Fsp3) is 0.917. The molecule has 1 aliphatic heterocycles. The fourth-order valence-corrected chi connectivity index (χ4v) is 1.63. The van der Waals surface area contributed by atoms with Crippen molar-refractivity contribution in [2.24, 2.45) is 5.92 Å². The number of carbonyl (C=O) groups excluding carboxylic acids is 1. The Balaban J connectivity index is 1.97. The molecule has 5 heteroatoms. The molecule has 1 unspecified atom stereocenters. The second kappa shape index (κ2) is 8.44. The molecular formula is C12H24N2O3. The highest BCUT2D eigenvalue weighted by molar-refractivity contribution is 5.76. The van der Waals surface area contributed by atoms with Gasteiger partial charge in [0.25, 0.3) is 0 Å². The van der Waals surface area contributed by atoms with Gasteiger partial charge in [0, 0.05) is 32.2 Å². The standard InChI is InChI=1S/C12H24N2O3/c1-10(2)8-16-6-4-14-12(15)7-11-9-17-5-3-13-11/h10-11,13H,3-9H2,1-2H3,(H,14,15). The molecule has 0 aliphatic carbocycles. The Morgan fingerprint density at radius 1 is 1.59 bits per heavy atom. The summed E-state index contributed by atoms with van der Waals surface area (Å²) < 4.78 is 10.7. The van der Waals surface area contributed by atoms with Crippen molar-refractivity contribution >= 4 is 5.91 Å². The zero-order chi connectivity index (χ0) is 12.5. The molecule has 17 heavy (non-hydrogen) atoms. The summed E-state index contributed by atoms with van der Waals surface area (Å²) in [6.07, 6.45) is 0.476. The van der Waals surface area contributed by atoms with Crippen molar-refractivity contribution in [3.8, 4) is 0 Å². The van der Waals surface area contributed by atoms with E-state index < -0.39 is 0 Å². The highest BCUT2D eigenvalue weighted by Gasteiger charge is 2.16. The Hall–Kier alpha value is -0.650. The van der Waals surface area contributed by atoms with Gasteiger partial charge in [0.15, 0.2) is 0 Å². The minimum atomic E-state index is 0.0566. The van der Waals surface area contributed by atoms with Gasteiger partial charge < -0.3 is 20.1 Å². The predicted molar refractivity (Wildman–Crippen MR) is 65.9 cm³/mol. The molecule has 0 aromatic rings. The molecule has 100 valence electrons. The number of carbonyl (C=O) groups is 1. The lowest BCUT2D eigenvalue weighted by Gasteiger charge is -2.23.